The van der Waals surface area contributed by atoms with Crippen LogP contribution in [0.3, 0.4) is 0 Å². The lowest BCUT2D eigenvalue weighted by atomic mass is 10.1. The van der Waals surface area contributed by atoms with Crippen LogP contribution < -0.4 is 16.2 Å². The molecular weight excluding hydrogens is 328 g/mol. The van der Waals surface area contributed by atoms with Crippen LogP contribution in [0.15, 0.2) is 41.3 Å². The number of guanidine groups is 1. The predicted octanol–water partition coefficient (Wildman–Crippen LogP) is 2.41. The van der Waals surface area contributed by atoms with E-state index < -0.39 is 17.2 Å². The van der Waals surface area contributed by atoms with E-state index in [-0.39, 0.29) is 18.0 Å². The number of rotatable bonds is 3. The van der Waals surface area contributed by atoms with Crippen LogP contribution in [-0.2, 0) is 6.54 Å². The third-order valence-corrected chi connectivity index (χ3v) is 3.79. The smallest absolute Gasteiger partial charge is 0.248 e. The average Bonchev–Trinajstić information content (AvgIpc) is 2.56. The number of pyridine rings is 2. The summed E-state index contributed by atoms with van der Waals surface area (Å²) in [6, 6.07) is 7.16. The van der Waals surface area contributed by atoms with Gasteiger partial charge in [-0.05, 0) is 42.3 Å². The lowest BCUT2D eigenvalue weighted by Gasteiger charge is -2.22. The number of H-pyrrole nitrogens is 1. The summed E-state index contributed by atoms with van der Waals surface area (Å²) in [4.78, 5) is 19.7. The van der Waals surface area contributed by atoms with E-state index in [0.29, 0.717) is 16.8 Å². The van der Waals surface area contributed by atoms with Crippen molar-refractivity contribution in [3.63, 3.8) is 0 Å². The Balaban J connectivity index is 2.14. The molecule has 6 nitrogen and oxygen atoms in total. The van der Waals surface area contributed by atoms with Crippen LogP contribution in [0.4, 0.5) is 14.6 Å². The van der Waals surface area contributed by atoms with Crippen LogP contribution in [-0.4, -0.2) is 15.9 Å². The molecule has 0 spiro atoms. The number of nitrogens with zero attached hydrogens (tertiary/aromatic N) is 2. The fourth-order valence-corrected chi connectivity index (χ4v) is 2.59. The Hall–Kier alpha value is -3.29. The zero-order chi connectivity index (χ0) is 18.1. The van der Waals surface area contributed by atoms with Crippen molar-refractivity contribution in [3.05, 3.63) is 69.6 Å². The summed E-state index contributed by atoms with van der Waals surface area (Å²) in [5.41, 5.74) is 6.17. The second-order valence-corrected chi connectivity index (χ2v) is 5.61. The van der Waals surface area contributed by atoms with Crippen LogP contribution in [0.1, 0.15) is 11.1 Å². The average molecular weight is 343 g/mol. The number of aromatic amines is 1. The van der Waals surface area contributed by atoms with Crippen LogP contribution in [0.2, 0.25) is 0 Å². The van der Waals surface area contributed by atoms with Gasteiger partial charge in [-0.25, -0.2) is 13.8 Å². The third kappa shape index (κ3) is 3.18. The minimum absolute atomic E-state index is 0.0112. The SMILES string of the molecule is Cc1ccnc(N(Cc2cc(=O)[nH]c3c(F)c(F)ccc23)C(=N)N)c1. The molecule has 4 N–H and O–H groups in total. The molecule has 0 radical (unpaired) electrons. The van der Waals surface area contributed by atoms with E-state index in [1.165, 1.54) is 17.0 Å². The highest BCUT2D eigenvalue weighted by atomic mass is 19.2. The number of nitrogens with two attached hydrogens (primary N) is 1. The first-order valence-corrected chi connectivity index (χ1v) is 7.41. The van der Waals surface area contributed by atoms with Gasteiger partial charge in [0.25, 0.3) is 0 Å². The molecule has 0 fully saturated rings. The quantitative estimate of drug-likeness (QED) is 0.502. The first kappa shape index (κ1) is 16.6. The van der Waals surface area contributed by atoms with E-state index in [9.17, 15) is 13.6 Å². The first-order valence-electron chi connectivity index (χ1n) is 7.41. The van der Waals surface area contributed by atoms with Crippen molar-refractivity contribution in [3.8, 4) is 0 Å². The second kappa shape index (κ2) is 6.31. The predicted molar refractivity (Wildman–Crippen MR) is 91.6 cm³/mol. The van der Waals surface area contributed by atoms with Gasteiger partial charge < -0.3 is 10.7 Å². The lowest BCUT2D eigenvalue weighted by molar-refractivity contribution is 0.515. The minimum atomic E-state index is -1.13. The Morgan fingerprint density at radius 2 is 2.08 bits per heavy atom. The summed E-state index contributed by atoms with van der Waals surface area (Å²) in [6.45, 7) is 1.88. The standard InChI is InChI=1S/C17H15F2N5O/c1-9-4-5-22-13(6-9)24(17(20)21)8-10-7-14(25)23-16-11(10)2-3-12(18)15(16)19/h2-7H,8H2,1H3,(H3,20,21)(H,23,25). The van der Waals surface area contributed by atoms with Gasteiger partial charge >= 0.3 is 0 Å². The van der Waals surface area contributed by atoms with E-state index in [1.54, 1.807) is 18.3 Å². The van der Waals surface area contributed by atoms with Crippen LogP contribution >= 0.6 is 0 Å². The molecule has 8 heteroatoms. The number of benzene rings is 1. The summed E-state index contributed by atoms with van der Waals surface area (Å²) in [5.74, 6) is -2.04. The summed E-state index contributed by atoms with van der Waals surface area (Å²) >= 11 is 0. The molecule has 0 bridgehead atoms. The van der Waals surface area contributed by atoms with Crippen molar-refractivity contribution in [1.29, 1.82) is 5.41 Å². The van der Waals surface area contributed by atoms with Crippen LogP contribution in [0.5, 0.6) is 0 Å². The van der Waals surface area contributed by atoms with Gasteiger partial charge in [0.15, 0.2) is 17.6 Å². The van der Waals surface area contributed by atoms with E-state index in [1.807, 2.05) is 6.92 Å². The molecule has 2 aromatic heterocycles. The highest BCUT2D eigenvalue weighted by Gasteiger charge is 2.17. The molecule has 0 aliphatic rings. The van der Waals surface area contributed by atoms with Gasteiger partial charge in [0, 0.05) is 17.6 Å². The highest BCUT2D eigenvalue weighted by Crippen LogP contribution is 2.23. The van der Waals surface area contributed by atoms with Crippen molar-refractivity contribution in [1.82, 2.24) is 9.97 Å². The molecule has 0 saturated carbocycles. The number of aromatic nitrogens is 2. The van der Waals surface area contributed by atoms with Crippen LogP contribution in [0, 0.1) is 24.0 Å². The number of fused-ring (bicyclic) bond motifs is 1. The molecule has 2 heterocycles. The number of halogens is 2. The Labute approximate surface area is 141 Å². The highest BCUT2D eigenvalue weighted by molar-refractivity contribution is 5.92. The number of hydrogen-bond acceptors (Lipinski definition) is 3. The Bertz CT molecular complexity index is 1030. The van der Waals surface area contributed by atoms with Gasteiger partial charge in [-0.15, -0.1) is 0 Å². The Kier molecular flexibility index (Phi) is 4.18. The van der Waals surface area contributed by atoms with Crippen molar-refractivity contribution >= 4 is 22.7 Å². The molecule has 25 heavy (non-hydrogen) atoms. The summed E-state index contributed by atoms with van der Waals surface area (Å²) < 4.78 is 27.4. The largest absolute Gasteiger partial charge is 0.370 e. The van der Waals surface area contributed by atoms with Gasteiger partial charge in [0.2, 0.25) is 5.56 Å². The molecule has 1 aromatic carbocycles. The minimum Gasteiger partial charge on any atom is -0.370 e. The van der Waals surface area contributed by atoms with Gasteiger partial charge in [0.05, 0.1) is 12.1 Å². The van der Waals surface area contributed by atoms with E-state index >= 15 is 0 Å². The van der Waals surface area contributed by atoms with Crippen molar-refractivity contribution in [2.24, 2.45) is 5.73 Å². The van der Waals surface area contributed by atoms with Crippen molar-refractivity contribution in [2.75, 3.05) is 4.90 Å². The van der Waals surface area contributed by atoms with E-state index in [2.05, 4.69) is 9.97 Å². The van der Waals surface area contributed by atoms with Crippen LogP contribution in [0.25, 0.3) is 10.9 Å². The van der Waals surface area contributed by atoms with Gasteiger partial charge in [-0.3, -0.25) is 15.1 Å². The first-order chi connectivity index (χ1) is 11.9. The molecule has 3 aromatic rings. The third-order valence-electron chi connectivity index (χ3n) is 3.79. The van der Waals surface area contributed by atoms with Gasteiger partial charge in [0.1, 0.15) is 5.82 Å². The van der Waals surface area contributed by atoms with Crippen molar-refractivity contribution in [2.45, 2.75) is 13.5 Å². The number of nitrogens with one attached hydrogen (secondary N) is 2. The maximum atomic E-state index is 14.0. The zero-order valence-electron chi connectivity index (χ0n) is 13.3. The van der Waals surface area contributed by atoms with Gasteiger partial charge in [-0.2, -0.15) is 0 Å². The number of aryl methyl sites for hydroxylation is 1. The maximum absolute atomic E-state index is 14.0. The molecule has 0 unspecified atom stereocenters. The second-order valence-electron chi connectivity index (χ2n) is 5.61. The monoisotopic (exact) mass is 343 g/mol. The fourth-order valence-electron chi connectivity index (χ4n) is 2.59. The normalized spacial score (nSPS) is 10.8. The number of hydrogen-bond donors (Lipinski definition) is 3. The molecule has 128 valence electrons. The fraction of sp³-hybridized carbons (Fsp3) is 0.118. The molecule has 0 aliphatic heterocycles. The lowest BCUT2D eigenvalue weighted by Crippen LogP contribution is -2.37. The molecule has 3 rings (SSSR count). The Morgan fingerprint density at radius 1 is 1.32 bits per heavy atom. The summed E-state index contributed by atoms with van der Waals surface area (Å²) in [5, 5.41) is 8.12. The molecule has 0 aliphatic carbocycles. The van der Waals surface area contributed by atoms with E-state index in [0.717, 1.165) is 11.6 Å². The molecule has 0 saturated heterocycles. The molecule has 0 amide bonds. The Morgan fingerprint density at radius 3 is 2.76 bits per heavy atom. The van der Waals surface area contributed by atoms with E-state index in [4.69, 9.17) is 11.1 Å². The topological polar surface area (TPSA) is 98.9 Å². The maximum Gasteiger partial charge on any atom is 0.248 e. The molecule has 0 atom stereocenters. The molecular formula is C17H15F2N5O. The summed E-state index contributed by atoms with van der Waals surface area (Å²) in [7, 11) is 0. The zero-order valence-corrected chi connectivity index (χ0v) is 13.3. The summed E-state index contributed by atoms with van der Waals surface area (Å²) in [6.07, 6.45) is 1.57. The number of anilines is 1. The van der Waals surface area contributed by atoms with Gasteiger partial charge in [-0.1, -0.05) is 0 Å². The van der Waals surface area contributed by atoms with Crippen molar-refractivity contribution < 1.29 is 8.78 Å².